The van der Waals surface area contributed by atoms with Gasteiger partial charge in [0.25, 0.3) is 5.69 Å². The van der Waals surface area contributed by atoms with Crippen LogP contribution < -0.4 is 10.2 Å². The number of nitrogens with zero attached hydrogens (tertiary/aromatic N) is 4. The lowest BCUT2D eigenvalue weighted by atomic mass is 10.2. The highest BCUT2D eigenvalue weighted by molar-refractivity contribution is 5.82. The number of pyridine rings is 1. The molecule has 0 saturated heterocycles. The number of esters is 1. The van der Waals surface area contributed by atoms with Gasteiger partial charge in [0, 0.05) is 35.6 Å². The molecule has 0 aliphatic heterocycles. The van der Waals surface area contributed by atoms with Crippen molar-refractivity contribution in [2.45, 2.75) is 20.8 Å². The number of aryl methyl sites for hydroxylation is 1. The Hall–Kier alpha value is -4.01. The monoisotopic (exact) mass is 393 g/mol. The van der Waals surface area contributed by atoms with Crippen molar-refractivity contribution in [1.29, 1.82) is 0 Å². The van der Waals surface area contributed by atoms with E-state index in [1.54, 1.807) is 18.3 Å². The molecular weight excluding hydrogens is 374 g/mol. The van der Waals surface area contributed by atoms with Gasteiger partial charge in [0.05, 0.1) is 11.1 Å². The van der Waals surface area contributed by atoms with Gasteiger partial charge in [0.15, 0.2) is 0 Å². The first-order chi connectivity index (χ1) is 13.8. The van der Waals surface area contributed by atoms with E-state index in [1.165, 1.54) is 25.3 Å². The van der Waals surface area contributed by atoms with Crippen molar-refractivity contribution in [2.24, 2.45) is 5.10 Å². The predicted octanol–water partition coefficient (Wildman–Crippen LogP) is 3.77. The zero-order valence-corrected chi connectivity index (χ0v) is 16.1. The molecule has 0 amide bonds. The van der Waals surface area contributed by atoms with Gasteiger partial charge in [0.2, 0.25) is 0 Å². The van der Waals surface area contributed by atoms with Crippen LogP contribution in [0.25, 0.3) is 5.69 Å². The molecule has 3 aromatic rings. The zero-order valence-electron chi connectivity index (χ0n) is 16.1. The molecule has 0 spiro atoms. The molecular formula is C20H19N5O4. The summed E-state index contributed by atoms with van der Waals surface area (Å²) in [7, 11) is 0. The molecule has 0 bridgehead atoms. The Labute approximate surface area is 166 Å². The van der Waals surface area contributed by atoms with Gasteiger partial charge in [-0.05, 0) is 50.2 Å². The Morgan fingerprint density at radius 2 is 1.97 bits per heavy atom. The van der Waals surface area contributed by atoms with E-state index in [2.05, 4.69) is 20.1 Å². The van der Waals surface area contributed by atoms with Gasteiger partial charge in [0.1, 0.15) is 17.8 Å². The second-order valence-corrected chi connectivity index (χ2v) is 6.28. The van der Waals surface area contributed by atoms with E-state index in [0.717, 1.165) is 22.6 Å². The summed E-state index contributed by atoms with van der Waals surface area (Å²) in [4.78, 5) is 25.1. The molecule has 1 aromatic carbocycles. The lowest BCUT2D eigenvalue weighted by Gasteiger charge is -2.10. The molecule has 0 radical (unpaired) electrons. The minimum absolute atomic E-state index is 0.0807. The molecule has 29 heavy (non-hydrogen) atoms. The van der Waals surface area contributed by atoms with Crippen molar-refractivity contribution >= 4 is 23.7 Å². The third-order valence-electron chi connectivity index (χ3n) is 4.17. The normalized spacial score (nSPS) is 10.9. The lowest BCUT2D eigenvalue weighted by molar-refractivity contribution is -0.385. The maximum Gasteiger partial charge on any atom is 0.308 e. The number of hydrogen-bond acceptors (Lipinski definition) is 7. The molecule has 2 aromatic heterocycles. The predicted molar refractivity (Wildman–Crippen MR) is 109 cm³/mol. The maximum absolute atomic E-state index is 11.0. The van der Waals surface area contributed by atoms with Gasteiger partial charge in [-0.1, -0.05) is 0 Å². The summed E-state index contributed by atoms with van der Waals surface area (Å²) < 4.78 is 7.12. The third-order valence-corrected chi connectivity index (χ3v) is 4.17. The Bertz CT molecular complexity index is 1070. The van der Waals surface area contributed by atoms with E-state index in [1.807, 2.05) is 32.0 Å². The summed E-state index contributed by atoms with van der Waals surface area (Å²) in [5, 5.41) is 14.8. The molecule has 0 unspecified atom stereocenters. The van der Waals surface area contributed by atoms with Crippen LogP contribution in [-0.2, 0) is 4.79 Å². The maximum atomic E-state index is 11.0. The number of hydrazone groups is 1. The molecule has 1 N–H and O–H groups in total. The van der Waals surface area contributed by atoms with Gasteiger partial charge in [-0.15, -0.1) is 0 Å². The Balaban J connectivity index is 1.75. The van der Waals surface area contributed by atoms with Crippen LogP contribution in [0.1, 0.15) is 23.9 Å². The number of nitro groups is 1. The first-order valence-corrected chi connectivity index (χ1v) is 8.72. The minimum atomic E-state index is -0.506. The van der Waals surface area contributed by atoms with Crippen molar-refractivity contribution in [1.82, 2.24) is 9.55 Å². The zero-order chi connectivity index (χ0) is 21.0. The summed E-state index contributed by atoms with van der Waals surface area (Å²) in [6.45, 7) is 5.31. The van der Waals surface area contributed by atoms with E-state index in [-0.39, 0.29) is 11.7 Å². The number of hydrogen-bond donors (Lipinski definition) is 1. The van der Waals surface area contributed by atoms with E-state index in [0.29, 0.717) is 11.6 Å². The van der Waals surface area contributed by atoms with Gasteiger partial charge < -0.3 is 9.30 Å². The smallest absolute Gasteiger partial charge is 0.308 e. The molecule has 0 aliphatic carbocycles. The highest BCUT2D eigenvalue weighted by atomic mass is 16.6. The number of aromatic nitrogens is 2. The van der Waals surface area contributed by atoms with Gasteiger partial charge >= 0.3 is 5.97 Å². The molecule has 0 saturated carbocycles. The Morgan fingerprint density at radius 3 is 2.55 bits per heavy atom. The minimum Gasteiger partial charge on any atom is -0.427 e. The molecule has 0 aliphatic rings. The van der Waals surface area contributed by atoms with Crippen molar-refractivity contribution in [3.05, 3.63) is 75.7 Å². The van der Waals surface area contributed by atoms with Crippen molar-refractivity contribution in [3.63, 3.8) is 0 Å². The van der Waals surface area contributed by atoms with Crippen LogP contribution in [0.4, 0.5) is 11.5 Å². The van der Waals surface area contributed by atoms with E-state index >= 15 is 0 Å². The van der Waals surface area contributed by atoms with Gasteiger partial charge in [-0.3, -0.25) is 20.3 Å². The number of rotatable bonds is 6. The van der Waals surface area contributed by atoms with Crippen LogP contribution in [-0.4, -0.2) is 26.7 Å². The van der Waals surface area contributed by atoms with Crippen molar-refractivity contribution < 1.29 is 14.5 Å². The van der Waals surface area contributed by atoms with Crippen LogP contribution in [0, 0.1) is 24.0 Å². The van der Waals surface area contributed by atoms with Crippen molar-refractivity contribution in [3.8, 4) is 11.4 Å². The lowest BCUT2D eigenvalue weighted by Crippen LogP contribution is -2.03. The number of ether oxygens (including phenoxy) is 1. The van der Waals surface area contributed by atoms with Crippen molar-refractivity contribution in [2.75, 3.05) is 5.43 Å². The van der Waals surface area contributed by atoms with Crippen LogP contribution in [0.15, 0.2) is 53.8 Å². The number of carbonyl (C=O) groups excluding carboxylic acids is 1. The molecule has 0 atom stereocenters. The quantitative estimate of drug-likeness (QED) is 0.224. The summed E-state index contributed by atoms with van der Waals surface area (Å²) in [6, 6.07) is 12.1. The Kier molecular flexibility index (Phi) is 5.68. The van der Waals surface area contributed by atoms with Gasteiger partial charge in [-0.2, -0.15) is 5.10 Å². The van der Waals surface area contributed by atoms with E-state index in [9.17, 15) is 14.9 Å². The fourth-order valence-electron chi connectivity index (χ4n) is 2.87. The third kappa shape index (κ3) is 4.64. The summed E-state index contributed by atoms with van der Waals surface area (Å²) in [5.41, 5.74) is 6.50. The van der Waals surface area contributed by atoms with Crippen LogP contribution in [0.5, 0.6) is 5.75 Å². The highest BCUT2D eigenvalue weighted by Gasteiger charge is 2.10. The highest BCUT2D eigenvalue weighted by Crippen LogP contribution is 2.22. The SMILES string of the molecule is CC(=O)Oc1ccc(-n2c(C)cc(/C=N\Nc3ccc([N+](=O)[O-])cn3)c2C)cc1. The summed E-state index contributed by atoms with van der Waals surface area (Å²) in [6.07, 6.45) is 2.83. The summed E-state index contributed by atoms with van der Waals surface area (Å²) >= 11 is 0. The number of anilines is 1. The average Bonchev–Trinajstić information content (AvgIpc) is 2.96. The topological polar surface area (TPSA) is 112 Å². The standard InChI is InChI=1S/C20H19N5O4/c1-13-10-16(11-22-23-20-9-6-18(12-21-20)25(27)28)14(2)24(13)17-4-7-19(8-5-17)29-15(3)26/h4-12H,1-3H3,(H,21,23)/b22-11-. The van der Waals surface area contributed by atoms with Crippen LogP contribution in [0.2, 0.25) is 0 Å². The fourth-order valence-corrected chi connectivity index (χ4v) is 2.87. The van der Waals surface area contributed by atoms with Crippen LogP contribution in [0.3, 0.4) is 0 Å². The second-order valence-electron chi connectivity index (χ2n) is 6.28. The first-order valence-electron chi connectivity index (χ1n) is 8.72. The molecule has 2 heterocycles. The molecule has 0 fully saturated rings. The molecule has 9 heteroatoms. The second kappa shape index (κ2) is 8.34. The van der Waals surface area contributed by atoms with Gasteiger partial charge in [-0.25, -0.2) is 4.98 Å². The number of nitrogens with one attached hydrogen (secondary N) is 1. The fraction of sp³-hybridized carbons (Fsp3) is 0.150. The summed E-state index contributed by atoms with van der Waals surface area (Å²) in [5.74, 6) is 0.534. The molecule has 148 valence electrons. The van der Waals surface area contributed by atoms with E-state index < -0.39 is 4.92 Å². The number of benzene rings is 1. The largest absolute Gasteiger partial charge is 0.427 e. The first kappa shape index (κ1) is 19.7. The molecule has 3 rings (SSSR count). The van der Waals surface area contributed by atoms with E-state index in [4.69, 9.17) is 4.74 Å². The Morgan fingerprint density at radius 1 is 1.24 bits per heavy atom. The average molecular weight is 393 g/mol. The van der Waals surface area contributed by atoms with Crippen LogP contribution >= 0.6 is 0 Å². The molecule has 9 nitrogen and oxygen atoms in total. The number of carbonyl (C=O) groups is 1.